The van der Waals surface area contributed by atoms with Gasteiger partial charge >= 0.3 is 5.97 Å². The van der Waals surface area contributed by atoms with Gasteiger partial charge < -0.3 is 5.11 Å². The number of sulfonamides is 1. The topological polar surface area (TPSA) is 127 Å². The minimum Gasteiger partial charge on any atom is -0.480 e. The Balaban J connectivity index is 2.00. The average Bonchev–Trinajstić information content (AvgIpc) is 3.16. The number of tetrazole rings is 1. The third-order valence-corrected chi connectivity index (χ3v) is 6.42. The van der Waals surface area contributed by atoms with Crippen LogP contribution in [0.1, 0.15) is 22.3 Å². The van der Waals surface area contributed by atoms with Crippen LogP contribution in [0.5, 0.6) is 0 Å². The summed E-state index contributed by atoms with van der Waals surface area (Å²) in [5, 5.41) is 20.5. The summed E-state index contributed by atoms with van der Waals surface area (Å²) in [6.45, 7) is 5.05. The predicted molar refractivity (Wildman–Crippen MR) is 105 cm³/mol. The molecule has 0 saturated carbocycles. The molecule has 1 unspecified atom stereocenters. The van der Waals surface area contributed by atoms with E-state index in [1.807, 2.05) is 0 Å². The van der Waals surface area contributed by atoms with Crippen LogP contribution in [-0.4, -0.2) is 45.7 Å². The van der Waals surface area contributed by atoms with Gasteiger partial charge in [-0.1, -0.05) is 18.2 Å². The molecular formula is C19H20FN5O4S. The highest BCUT2D eigenvalue weighted by Gasteiger charge is 2.29. The van der Waals surface area contributed by atoms with E-state index in [9.17, 15) is 22.7 Å². The number of carboxylic acids is 1. The molecular weight excluding hydrogens is 413 g/mol. The largest absolute Gasteiger partial charge is 0.480 e. The van der Waals surface area contributed by atoms with Gasteiger partial charge in [-0.2, -0.15) is 9.40 Å². The fourth-order valence-corrected chi connectivity index (χ4v) is 5.13. The quantitative estimate of drug-likeness (QED) is 0.580. The van der Waals surface area contributed by atoms with Gasteiger partial charge in [-0.15, -0.1) is 5.10 Å². The number of aryl methyl sites for hydroxylation is 2. The second kappa shape index (κ2) is 8.28. The minimum absolute atomic E-state index is 0.0380. The first kappa shape index (κ1) is 21.5. The van der Waals surface area contributed by atoms with Gasteiger partial charge in [0.2, 0.25) is 10.0 Å². The molecule has 0 amide bonds. The Hall–Kier alpha value is -3.18. The Labute approximate surface area is 172 Å². The van der Waals surface area contributed by atoms with Crippen LogP contribution in [0.25, 0.3) is 5.69 Å². The molecule has 0 bridgehead atoms. The normalized spacial score (nSPS) is 12.7. The lowest BCUT2D eigenvalue weighted by molar-refractivity contribution is -0.138. The summed E-state index contributed by atoms with van der Waals surface area (Å²) >= 11 is 0. The third-order valence-electron chi connectivity index (χ3n) is 4.66. The summed E-state index contributed by atoms with van der Waals surface area (Å²) in [6, 6.07) is 5.45. The van der Waals surface area contributed by atoms with E-state index in [1.165, 1.54) is 35.3 Å². The molecule has 3 aromatic rings. The molecule has 1 aromatic heterocycles. The molecule has 0 aliphatic rings. The van der Waals surface area contributed by atoms with E-state index in [4.69, 9.17) is 0 Å². The summed E-state index contributed by atoms with van der Waals surface area (Å²) in [7, 11) is -4.21. The molecule has 2 N–H and O–H groups in total. The molecule has 2 aromatic carbocycles. The van der Waals surface area contributed by atoms with Gasteiger partial charge in [0.05, 0.1) is 10.6 Å². The van der Waals surface area contributed by atoms with Crippen molar-refractivity contribution in [3.05, 3.63) is 64.7 Å². The van der Waals surface area contributed by atoms with Crippen LogP contribution in [0.15, 0.2) is 41.6 Å². The molecule has 0 fully saturated rings. The van der Waals surface area contributed by atoms with E-state index in [-0.39, 0.29) is 11.3 Å². The van der Waals surface area contributed by atoms with Crippen molar-refractivity contribution in [3.8, 4) is 5.69 Å². The molecule has 0 aliphatic carbocycles. The van der Waals surface area contributed by atoms with Gasteiger partial charge in [-0.05, 0) is 72.0 Å². The number of carboxylic acid groups (broad SMARTS) is 1. The van der Waals surface area contributed by atoms with Crippen LogP contribution in [0.4, 0.5) is 4.39 Å². The lowest BCUT2D eigenvalue weighted by Crippen LogP contribution is -2.42. The van der Waals surface area contributed by atoms with Crippen molar-refractivity contribution in [1.82, 2.24) is 24.9 Å². The van der Waals surface area contributed by atoms with E-state index in [0.29, 0.717) is 22.4 Å². The van der Waals surface area contributed by atoms with Crippen molar-refractivity contribution in [1.29, 1.82) is 0 Å². The number of nitrogens with zero attached hydrogens (tertiary/aromatic N) is 4. The average molecular weight is 433 g/mol. The number of nitrogens with one attached hydrogen (secondary N) is 1. The Kier molecular flexibility index (Phi) is 5.94. The first-order valence-electron chi connectivity index (χ1n) is 8.94. The molecule has 1 heterocycles. The maximum Gasteiger partial charge on any atom is 0.322 e. The van der Waals surface area contributed by atoms with Crippen LogP contribution < -0.4 is 4.72 Å². The fraction of sp³-hybridized carbons (Fsp3) is 0.263. The molecule has 0 saturated heterocycles. The zero-order valence-electron chi connectivity index (χ0n) is 16.5. The summed E-state index contributed by atoms with van der Waals surface area (Å²) in [5.41, 5.74) is 2.59. The number of carbonyl (C=O) groups is 1. The first-order chi connectivity index (χ1) is 14.1. The molecule has 3 rings (SSSR count). The SMILES string of the molecule is Cc1cc(C)c(S(=O)(=O)NC(Cc2ccc(F)cc2)C(=O)O)c(C)c1-n1cnnn1. The van der Waals surface area contributed by atoms with Gasteiger partial charge in [0, 0.05) is 0 Å². The molecule has 9 nitrogen and oxygen atoms in total. The number of aromatic nitrogens is 4. The fourth-order valence-electron chi connectivity index (χ4n) is 3.47. The maximum absolute atomic E-state index is 13.2. The molecule has 0 spiro atoms. The summed E-state index contributed by atoms with van der Waals surface area (Å²) in [5.74, 6) is -1.81. The van der Waals surface area contributed by atoms with Gasteiger partial charge in [-0.25, -0.2) is 12.8 Å². The van der Waals surface area contributed by atoms with Crippen LogP contribution in [0, 0.1) is 26.6 Å². The number of aliphatic carboxylic acids is 1. The van der Waals surface area contributed by atoms with Crippen molar-refractivity contribution < 1.29 is 22.7 Å². The lowest BCUT2D eigenvalue weighted by Gasteiger charge is -2.20. The minimum atomic E-state index is -4.21. The zero-order valence-corrected chi connectivity index (χ0v) is 17.3. The number of rotatable bonds is 7. The van der Waals surface area contributed by atoms with Crippen LogP contribution in [-0.2, 0) is 21.2 Å². The van der Waals surface area contributed by atoms with Crippen LogP contribution >= 0.6 is 0 Å². The van der Waals surface area contributed by atoms with Crippen molar-refractivity contribution in [2.24, 2.45) is 0 Å². The number of hydrogen-bond donors (Lipinski definition) is 2. The van der Waals surface area contributed by atoms with Crippen molar-refractivity contribution in [3.63, 3.8) is 0 Å². The molecule has 0 aliphatic heterocycles. The second-order valence-electron chi connectivity index (χ2n) is 6.91. The van der Waals surface area contributed by atoms with Crippen molar-refractivity contribution in [2.75, 3.05) is 0 Å². The molecule has 158 valence electrons. The highest BCUT2D eigenvalue weighted by Crippen LogP contribution is 2.28. The van der Waals surface area contributed by atoms with Gasteiger partial charge in [-0.3, -0.25) is 4.79 Å². The summed E-state index contributed by atoms with van der Waals surface area (Å²) < 4.78 is 43.1. The van der Waals surface area contributed by atoms with E-state index in [2.05, 4.69) is 20.2 Å². The standard InChI is InChI=1S/C19H20FN5O4S/c1-11-8-12(2)18(13(3)17(11)25-10-21-23-24-25)30(28,29)22-16(19(26)27)9-14-4-6-15(20)7-5-14/h4-8,10,16,22H,9H2,1-3H3,(H,26,27). The van der Waals surface area contributed by atoms with E-state index < -0.39 is 27.9 Å². The smallest absolute Gasteiger partial charge is 0.322 e. The Morgan fingerprint density at radius 1 is 1.20 bits per heavy atom. The van der Waals surface area contributed by atoms with E-state index in [0.717, 1.165) is 5.56 Å². The predicted octanol–water partition coefficient (Wildman–Crippen LogP) is 1.70. The lowest BCUT2D eigenvalue weighted by atomic mass is 10.1. The monoisotopic (exact) mass is 433 g/mol. The summed E-state index contributed by atoms with van der Waals surface area (Å²) in [4.78, 5) is 11.7. The number of hydrogen-bond acceptors (Lipinski definition) is 6. The summed E-state index contributed by atoms with van der Waals surface area (Å²) in [6.07, 6.45) is 1.21. The molecule has 11 heteroatoms. The van der Waals surface area contributed by atoms with Gasteiger partial charge in [0.15, 0.2) is 0 Å². The van der Waals surface area contributed by atoms with Crippen molar-refractivity contribution in [2.45, 2.75) is 38.1 Å². The number of halogens is 1. The Morgan fingerprint density at radius 3 is 2.43 bits per heavy atom. The number of benzene rings is 2. The highest BCUT2D eigenvalue weighted by molar-refractivity contribution is 7.89. The molecule has 30 heavy (non-hydrogen) atoms. The Bertz CT molecular complexity index is 1180. The van der Waals surface area contributed by atoms with Crippen LogP contribution in [0.3, 0.4) is 0 Å². The van der Waals surface area contributed by atoms with Gasteiger partial charge in [0.1, 0.15) is 18.2 Å². The highest BCUT2D eigenvalue weighted by atomic mass is 32.2. The third kappa shape index (κ3) is 4.36. The molecule has 1 atom stereocenters. The molecule has 0 radical (unpaired) electrons. The second-order valence-corrected chi connectivity index (χ2v) is 8.56. The van der Waals surface area contributed by atoms with Crippen molar-refractivity contribution >= 4 is 16.0 Å². The zero-order chi connectivity index (χ0) is 22.1. The maximum atomic E-state index is 13.2. The Morgan fingerprint density at radius 2 is 1.87 bits per heavy atom. The first-order valence-corrected chi connectivity index (χ1v) is 10.4. The van der Waals surface area contributed by atoms with E-state index in [1.54, 1.807) is 26.8 Å². The van der Waals surface area contributed by atoms with E-state index >= 15 is 0 Å². The van der Waals surface area contributed by atoms with Crippen LogP contribution in [0.2, 0.25) is 0 Å². The van der Waals surface area contributed by atoms with Gasteiger partial charge in [0.25, 0.3) is 0 Å².